The van der Waals surface area contributed by atoms with Gasteiger partial charge >= 0.3 is 0 Å². The Bertz CT molecular complexity index is 741. The lowest BCUT2D eigenvalue weighted by Crippen LogP contribution is -2.00. The first-order valence-corrected chi connectivity index (χ1v) is 7.94. The van der Waals surface area contributed by atoms with E-state index in [9.17, 15) is 4.21 Å². The first-order valence-electron chi connectivity index (χ1n) is 6.79. The fourth-order valence-corrected chi connectivity index (χ4v) is 3.44. The monoisotopic (exact) mass is 293 g/mol. The van der Waals surface area contributed by atoms with Gasteiger partial charge in [0.05, 0.1) is 10.8 Å². The maximum atomic E-state index is 12.7. The van der Waals surface area contributed by atoms with Crippen molar-refractivity contribution in [3.8, 4) is 0 Å². The molecule has 1 aromatic heterocycles. The van der Waals surface area contributed by atoms with Gasteiger partial charge in [0.2, 0.25) is 0 Å². The van der Waals surface area contributed by atoms with Crippen LogP contribution >= 0.6 is 0 Å². The van der Waals surface area contributed by atoms with Gasteiger partial charge in [-0.15, -0.1) is 0 Å². The number of pyridine rings is 1. The minimum absolute atomic E-state index is 0.690. The highest BCUT2D eigenvalue weighted by Crippen LogP contribution is 2.21. The minimum Gasteiger partial charge on any atom is -0.261 e. The Balaban J connectivity index is 1.95. The zero-order chi connectivity index (χ0) is 14.5. The lowest BCUT2D eigenvalue weighted by atomic mass is 10.1. The fourth-order valence-electron chi connectivity index (χ4n) is 2.20. The van der Waals surface area contributed by atoms with Gasteiger partial charge in [0.15, 0.2) is 0 Å². The van der Waals surface area contributed by atoms with Gasteiger partial charge < -0.3 is 0 Å². The van der Waals surface area contributed by atoms with Crippen molar-refractivity contribution in [2.24, 2.45) is 0 Å². The topological polar surface area (TPSA) is 30.0 Å². The second kappa shape index (κ2) is 6.46. The Hall–Kier alpha value is -2.26. The predicted molar refractivity (Wildman–Crippen MR) is 84.6 cm³/mol. The number of hydrogen-bond donors (Lipinski definition) is 0. The number of rotatable bonds is 4. The van der Waals surface area contributed by atoms with Crippen LogP contribution in [-0.2, 0) is 17.2 Å². The molecule has 2 aromatic carbocycles. The molecular weight excluding hydrogens is 278 g/mol. The summed E-state index contributed by atoms with van der Waals surface area (Å²) >= 11 is 0. The summed E-state index contributed by atoms with van der Waals surface area (Å²) in [7, 11) is -1.16. The van der Waals surface area contributed by atoms with Gasteiger partial charge in [-0.1, -0.05) is 42.5 Å². The highest BCUT2D eigenvalue weighted by Gasteiger charge is 2.11. The molecule has 1 atom stereocenters. The largest absolute Gasteiger partial charge is 0.261 e. The number of nitrogens with zero attached hydrogens (tertiary/aromatic N) is 1. The van der Waals surface area contributed by atoms with Crippen molar-refractivity contribution in [2.75, 3.05) is 0 Å². The van der Waals surface area contributed by atoms with Crippen molar-refractivity contribution < 1.29 is 4.21 Å². The second-order valence-electron chi connectivity index (χ2n) is 4.69. The van der Waals surface area contributed by atoms with Gasteiger partial charge in [0, 0.05) is 28.1 Å². The molecule has 1 unspecified atom stereocenters. The summed E-state index contributed by atoms with van der Waals surface area (Å²) in [6.45, 7) is 0. The molecule has 0 radical (unpaired) electrons. The molecule has 2 nitrogen and oxygen atoms in total. The fraction of sp³-hybridized carbons (Fsp3) is 0.0556. The quantitative estimate of drug-likeness (QED) is 0.731. The third kappa shape index (κ3) is 3.26. The third-order valence-corrected chi connectivity index (χ3v) is 4.73. The average molecular weight is 293 g/mol. The molecular formula is C18H15NOS. The maximum Gasteiger partial charge on any atom is 0.0852 e. The van der Waals surface area contributed by atoms with Crippen molar-refractivity contribution >= 4 is 10.8 Å². The van der Waals surface area contributed by atoms with E-state index in [4.69, 9.17) is 0 Å². The van der Waals surface area contributed by atoms with E-state index in [1.54, 1.807) is 6.20 Å². The van der Waals surface area contributed by atoms with Crippen LogP contribution in [0.25, 0.3) is 0 Å². The molecule has 3 aromatic rings. The molecule has 1 heterocycles. The highest BCUT2D eigenvalue weighted by atomic mass is 32.2. The lowest BCUT2D eigenvalue weighted by molar-refractivity contribution is 0.682. The van der Waals surface area contributed by atoms with Gasteiger partial charge in [0.1, 0.15) is 0 Å². The molecule has 0 aliphatic carbocycles. The van der Waals surface area contributed by atoms with Crippen LogP contribution in [0.1, 0.15) is 11.3 Å². The number of benzene rings is 2. The van der Waals surface area contributed by atoms with Crippen LogP contribution in [-0.4, -0.2) is 9.19 Å². The summed E-state index contributed by atoms with van der Waals surface area (Å²) in [5.41, 5.74) is 2.04. The standard InChI is InChI=1S/C18H15NOS/c20-21(17-10-2-1-3-11-17)18-12-5-4-8-15(18)14-16-9-6-7-13-19-16/h1-13H,14H2. The lowest BCUT2D eigenvalue weighted by Gasteiger charge is -2.09. The van der Waals surface area contributed by atoms with Crippen molar-refractivity contribution in [3.05, 3.63) is 90.3 Å². The summed E-state index contributed by atoms with van der Waals surface area (Å²) in [6.07, 6.45) is 2.47. The first kappa shape index (κ1) is 13.7. The highest BCUT2D eigenvalue weighted by molar-refractivity contribution is 7.85. The summed E-state index contributed by atoms with van der Waals surface area (Å²) in [5.74, 6) is 0. The molecule has 3 heteroatoms. The molecule has 0 aliphatic rings. The van der Waals surface area contributed by atoms with E-state index >= 15 is 0 Å². The van der Waals surface area contributed by atoms with E-state index in [0.29, 0.717) is 6.42 Å². The molecule has 104 valence electrons. The molecule has 0 N–H and O–H groups in total. The SMILES string of the molecule is O=S(c1ccccc1)c1ccccc1Cc1ccccn1. The van der Waals surface area contributed by atoms with E-state index in [2.05, 4.69) is 4.98 Å². The van der Waals surface area contributed by atoms with E-state index < -0.39 is 10.8 Å². The van der Waals surface area contributed by atoms with Crippen molar-refractivity contribution in [3.63, 3.8) is 0 Å². The molecule has 21 heavy (non-hydrogen) atoms. The molecule has 0 fully saturated rings. The zero-order valence-corrected chi connectivity index (χ0v) is 12.3. The normalized spacial score (nSPS) is 12.0. The number of hydrogen-bond acceptors (Lipinski definition) is 2. The average Bonchev–Trinajstić information content (AvgIpc) is 2.56. The van der Waals surface area contributed by atoms with E-state index in [-0.39, 0.29) is 0 Å². The van der Waals surface area contributed by atoms with Crippen LogP contribution in [0.15, 0.2) is 88.8 Å². The van der Waals surface area contributed by atoms with Crippen LogP contribution in [0.4, 0.5) is 0 Å². The van der Waals surface area contributed by atoms with Gasteiger partial charge in [-0.25, -0.2) is 4.21 Å². The van der Waals surface area contributed by atoms with Crippen molar-refractivity contribution in [1.82, 2.24) is 4.98 Å². The van der Waals surface area contributed by atoms with E-state index in [1.165, 1.54) is 0 Å². The minimum atomic E-state index is -1.16. The second-order valence-corrected chi connectivity index (χ2v) is 6.14. The van der Waals surface area contributed by atoms with Gasteiger partial charge in [-0.05, 0) is 35.9 Å². The molecule has 0 saturated heterocycles. The summed E-state index contributed by atoms with van der Waals surface area (Å²) in [4.78, 5) is 6.03. The van der Waals surface area contributed by atoms with Crippen LogP contribution < -0.4 is 0 Å². The van der Waals surface area contributed by atoms with Crippen LogP contribution in [0.5, 0.6) is 0 Å². The van der Waals surface area contributed by atoms with Gasteiger partial charge in [0.25, 0.3) is 0 Å². The third-order valence-electron chi connectivity index (χ3n) is 3.23. The Morgan fingerprint density at radius 3 is 2.29 bits per heavy atom. The molecule has 0 spiro atoms. The number of aromatic nitrogens is 1. The molecule has 0 aliphatic heterocycles. The van der Waals surface area contributed by atoms with Crippen LogP contribution in [0, 0.1) is 0 Å². The van der Waals surface area contributed by atoms with Crippen LogP contribution in [0.2, 0.25) is 0 Å². The summed E-state index contributed by atoms with van der Waals surface area (Å²) < 4.78 is 12.7. The van der Waals surface area contributed by atoms with Gasteiger partial charge in [-0.2, -0.15) is 0 Å². The Kier molecular flexibility index (Phi) is 4.22. The van der Waals surface area contributed by atoms with Crippen molar-refractivity contribution in [2.45, 2.75) is 16.2 Å². The molecule has 0 amide bonds. The van der Waals surface area contributed by atoms with Gasteiger partial charge in [-0.3, -0.25) is 4.98 Å². The Morgan fingerprint density at radius 1 is 0.810 bits per heavy atom. The molecule has 3 rings (SSSR count). The van der Waals surface area contributed by atoms with E-state index in [1.807, 2.05) is 72.8 Å². The summed E-state index contributed by atoms with van der Waals surface area (Å²) in [6, 6.07) is 23.3. The molecule has 0 bridgehead atoms. The maximum absolute atomic E-state index is 12.7. The predicted octanol–water partition coefficient (Wildman–Crippen LogP) is 3.84. The van der Waals surface area contributed by atoms with Crippen LogP contribution in [0.3, 0.4) is 0 Å². The first-order chi connectivity index (χ1) is 10.3. The Labute approximate surface area is 127 Å². The zero-order valence-electron chi connectivity index (χ0n) is 11.5. The van der Waals surface area contributed by atoms with Crippen molar-refractivity contribution in [1.29, 1.82) is 0 Å². The Morgan fingerprint density at radius 2 is 1.52 bits per heavy atom. The molecule has 0 saturated carbocycles. The van der Waals surface area contributed by atoms with E-state index in [0.717, 1.165) is 21.0 Å². The summed E-state index contributed by atoms with van der Waals surface area (Å²) in [5, 5.41) is 0. The smallest absolute Gasteiger partial charge is 0.0852 e.